The normalized spacial score (nSPS) is 13.8. The van der Waals surface area contributed by atoms with Crippen molar-refractivity contribution in [2.75, 3.05) is 25.3 Å². The number of aromatic nitrogens is 1. The van der Waals surface area contributed by atoms with Crippen LogP contribution in [-0.2, 0) is 6.67 Å². The minimum Gasteiger partial charge on any atom is -0.497 e. The highest BCUT2D eigenvalue weighted by Gasteiger charge is 2.16. The zero-order valence-corrected chi connectivity index (χ0v) is 16.6. The van der Waals surface area contributed by atoms with Crippen molar-refractivity contribution in [1.29, 1.82) is 0 Å². The molecule has 0 aliphatic carbocycles. The van der Waals surface area contributed by atoms with Crippen molar-refractivity contribution < 1.29 is 9.47 Å². The summed E-state index contributed by atoms with van der Waals surface area (Å²) in [5.74, 6) is 1.63. The lowest BCUT2D eigenvalue weighted by atomic mass is 10.2. The second-order valence-electron chi connectivity index (χ2n) is 6.31. The van der Waals surface area contributed by atoms with E-state index in [0.717, 1.165) is 27.6 Å². The van der Waals surface area contributed by atoms with Crippen LogP contribution in [0, 0.1) is 0 Å². The first-order valence-electron chi connectivity index (χ1n) is 9.05. The largest absolute Gasteiger partial charge is 0.497 e. The standard InChI is InChI=1S/C21H21N3O3S/c1-3-27-18-10-6-16(7-11-18)23-13-22-21-24(14-23)20(25)19(28-21)12-15-4-8-17(26-2)9-5-15/h4-12H,3,13-14H2,1-2H3. The van der Waals surface area contributed by atoms with Gasteiger partial charge in [0, 0.05) is 5.69 Å². The van der Waals surface area contributed by atoms with Gasteiger partial charge in [0.2, 0.25) is 0 Å². The van der Waals surface area contributed by atoms with Crippen LogP contribution in [0.1, 0.15) is 12.5 Å². The van der Waals surface area contributed by atoms with Gasteiger partial charge in [0.1, 0.15) is 24.8 Å². The molecule has 3 aromatic rings. The van der Waals surface area contributed by atoms with Crippen LogP contribution in [0.25, 0.3) is 6.08 Å². The van der Waals surface area contributed by atoms with Crippen molar-refractivity contribution in [1.82, 2.24) is 4.57 Å². The Kier molecular flexibility index (Phi) is 5.16. The Bertz CT molecular complexity index is 1130. The Labute approximate surface area is 166 Å². The maximum absolute atomic E-state index is 12.9. The average Bonchev–Trinajstić information content (AvgIpc) is 3.04. The van der Waals surface area contributed by atoms with Crippen molar-refractivity contribution in [3.63, 3.8) is 0 Å². The monoisotopic (exact) mass is 395 g/mol. The number of nitrogens with zero attached hydrogens (tertiary/aromatic N) is 3. The lowest BCUT2D eigenvalue weighted by Gasteiger charge is -2.25. The molecule has 144 valence electrons. The highest BCUT2D eigenvalue weighted by Crippen LogP contribution is 2.20. The smallest absolute Gasteiger partial charge is 0.271 e. The van der Waals surface area contributed by atoms with Crippen molar-refractivity contribution in [2.24, 2.45) is 4.99 Å². The fraction of sp³-hybridized carbons (Fsp3) is 0.238. The molecule has 2 aromatic carbocycles. The van der Waals surface area contributed by atoms with Crippen LogP contribution >= 0.6 is 11.3 Å². The molecule has 28 heavy (non-hydrogen) atoms. The van der Waals surface area contributed by atoms with E-state index in [0.29, 0.717) is 24.5 Å². The second-order valence-corrected chi connectivity index (χ2v) is 7.32. The van der Waals surface area contributed by atoms with Crippen LogP contribution in [0.5, 0.6) is 11.5 Å². The van der Waals surface area contributed by atoms with Crippen LogP contribution < -0.4 is 29.3 Å². The molecule has 0 bridgehead atoms. The molecule has 0 amide bonds. The quantitative estimate of drug-likeness (QED) is 0.665. The van der Waals surface area contributed by atoms with Crippen LogP contribution in [-0.4, -0.2) is 25.0 Å². The number of fused-ring (bicyclic) bond motifs is 1. The molecule has 1 aliphatic rings. The number of thiazole rings is 1. The zero-order chi connectivity index (χ0) is 19.5. The minimum atomic E-state index is -0.0183. The Morgan fingerprint density at radius 2 is 1.82 bits per heavy atom. The summed E-state index contributed by atoms with van der Waals surface area (Å²) in [4.78, 5) is 20.3. The number of methoxy groups -OCH3 is 1. The number of benzene rings is 2. The molecule has 0 spiro atoms. The van der Waals surface area contributed by atoms with E-state index in [-0.39, 0.29) is 5.56 Å². The third-order valence-electron chi connectivity index (χ3n) is 4.50. The number of rotatable bonds is 5. The lowest BCUT2D eigenvalue weighted by molar-refractivity contribution is 0.340. The van der Waals surface area contributed by atoms with Crippen LogP contribution in [0.15, 0.2) is 58.3 Å². The van der Waals surface area contributed by atoms with Gasteiger partial charge in [-0.2, -0.15) is 0 Å². The summed E-state index contributed by atoms with van der Waals surface area (Å²) >= 11 is 1.42. The Balaban J connectivity index is 1.61. The van der Waals surface area contributed by atoms with Gasteiger partial charge in [0.15, 0.2) is 4.80 Å². The van der Waals surface area contributed by atoms with Crippen molar-refractivity contribution in [3.05, 3.63) is 73.8 Å². The van der Waals surface area contributed by atoms with Gasteiger partial charge in [0.05, 0.1) is 18.2 Å². The van der Waals surface area contributed by atoms with E-state index in [1.54, 1.807) is 11.7 Å². The maximum atomic E-state index is 12.9. The summed E-state index contributed by atoms with van der Waals surface area (Å²) in [6.07, 6.45) is 1.90. The summed E-state index contributed by atoms with van der Waals surface area (Å²) in [6, 6.07) is 15.5. The fourth-order valence-electron chi connectivity index (χ4n) is 3.05. The zero-order valence-electron chi connectivity index (χ0n) is 15.8. The summed E-state index contributed by atoms with van der Waals surface area (Å²) < 4.78 is 13.1. The molecular formula is C21H21N3O3S. The molecule has 0 radical (unpaired) electrons. The predicted molar refractivity (Wildman–Crippen MR) is 111 cm³/mol. The van der Waals surface area contributed by atoms with E-state index in [1.807, 2.05) is 61.5 Å². The van der Waals surface area contributed by atoms with Gasteiger partial charge in [-0.1, -0.05) is 23.5 Å². The Hall–Kier alpha value is -3.06. The highest BCUT2D eigenvalue weighted by atomic mass is 32.1. The van der Waals surface area contributed by atoms with Crippen molar-refractivity contribution in [2.45, 2.75) is 13.6 Å². The van der Waals surface area contributed by atoms with E-state index in [2.05, 4.69) is 9.89 Å². The first-order valence-corrected chi connectivity index (χ1v) is 9.87. The van der Waals surface area contributed by atoms with Gasteiger partial charge in [0.25, 0.3) is 5.56 Å². The number of anilines is 1. The predicted octanol–water partition coefficient (Wildman–Crippen LogP) is 2.20. The molecular weight excluding hydrogens is 374 g/mol. The third kappa shape index (κ3) is 3.66. The van der Waals surface area contributed by atoms with E-state index < -0.39 is 0 Å². The molecule has 6 nitrogen and oxygen atoms in total. The molecule has 7 heteroatoms. The SMILES string of the molecule is CCOc1ccc(N2CN=c3sc(=Cc4ccc(OC)cc4)c(=O)n3C2)cc1. The Morgan fingerprint density at radius 1 is 1.11 bits per heavy atom. The first kappa shape index (κ1) is 18.3. The van der Waals surface area contributed by atoms with Crippen LogP contribution in [0.2, 0.25) is 0 Å². The molecule has 1 aromatic heterocycles. The van der Waals surface area contributed by atoms with Gasteiger partial charge >= 0.3 is 0 Å². The summed E-state index contributed by atoms with van der Waals surface area (Å²) in [6.45, 7) is 3.61. The molecule has 4 rings (SSSR count). The van der Waals surface area contributed by atoms with Gasteiger partial charge in [-0.15, -0.1) is 0 Å². The molecule has 0 unspecified atom stereocenters. The molecule has 2 heterocycles. The van der Waals surface area contributed by atoms with Crippen molar-refractivity contribution in [3.8, 4) is 11.5 Å². The highest BCUT2D eigenvalue weighted by molar-refractivity contribution is 7.07. The van der Waals surface area contributed by atoms with Crippen molar-refractivity contribution >= 4 is 23.1 Å². The fourth-order valence-corrected chi connectivity index (χ4v) is 4.01. The van der Waals surface area contributed by atoms with Crippen LogP contribution in [0.4, 0.5) is 5.69 Å². The lowest BCUT2D eigenvalue weighted by Crippen LogP contribution is -2.42. The van der Waals surface area contributed by atoms with Gasteiger partial charge in [-0.25, -0.2) is 4.99 Å². The van der Waals surface area contributed by atoms with Gasteiger partial charge in [-0.05, 0) is 55.0 Å². The summed E-state index contributed by atoms with van der Waals surface area (Å²) in [5, 5.41) is 0. The average molecular weight is 395 g/mol. The van der Waals surface area contributed by atoms with Crippen LogP contribution in [0.3, 0.4) is 0 Å². The second kappa shape index (κ2) is 7.90. The molecule has 1 aliphatic heterocycles. The minimum absolute atomic E-state index is 0.0183. The molecule has 0 fully saturated rings. The summed E-state index contributed by atoms with van der Waals surface area (Å²) in [7, 11) is 1.63. The number of ether oxygens (including phenoxy) is 2. The van der Waals surface area contributed by atoms with E-state index in [1.165, 1.54) is 11.3 Å². The van der Waals surface area contributed by atoms with Gasteiger partial charge < -0.3 is 14.4 Å². The Morgan fingerprint density at radius 3 is 2.50 bits per heavy atom. The van der Waals surface area contributed by atoms with E-state index in [9.17, 15) is 4.79 Å². The third-order valence-corrected chi connectivity index (χ3v) is 5.55. The molecule has 0 saturated carbocycles. The van der Waals surface area contributed by atoms with E-state index >= 15 is 0 Å². The molecule has 0 N–H and O–H groups in total. The topological polar surface area (TPSA) is 56.1 Å². The molecule has 0 atom stereocenters. The maximum Gasteiger partial charge on any atom is 0.271 e. The number of hydrogen-bond donors (Lipinski definition) is 0. The van der Waals surface area contributed by atoms with E-state index in [4.69, 9.17) is 9.47 Å². The van der Waals surface area contributed by atoms with Gasteiger partial charge in [-0.3, -0.25) is 9.36 Å². The summed E-state index contributed by atoms with van der Waals surface area (Å²) in [5.41, 5.74) is 1.95. The first-order chi connectivity index (χ1) is 13.7. The number of hydrogen-bond acceptors (Lipinski definition) is 6. The molecule has 0 saturated heterocycles.